The third-order valence-electron chi connectivity index (χ3n) is 4.45. The fourth-order valence-corrected chi connectivity index (χ4v) is 3.16. The number of carboxylic acids is 1. The molecule has 2 atom stereocenters. The highest BCUT2D eigenvalue weighted by atomic mass is 32.2. The van der Waals surface area contributed by atoms with Gasteiger partial charge in [-0.3, -0.25) is 20.4 Å². The Morgan fingerprint density at radius 2 is 2.03 bits per heavy atom. The van der Waals surface area contributed by atoms with E-state index in [9.17, 15) is 18.3 Å². The Morgan fingerprint density at radius 1 is 1.26 bits per heavy atom. The van der Waals surface area contributed by atoms with Crippen molar-refractivity contribution < 1.29 is 28.2 Å². The Morgan fingerprint density at radius 3 is 2.59 bits per heavy atom. The van der Waals surface area contributed by atoms with Crippen LogP contribution >= 0.6 is 0 Å². The second kappa shape index (κ2) is 14.5. The van der Waals surface area contributed by atoms with Crippen LogP contribution in [0.25, 0.3) is 0 Å². The van der Waals surface area contributed by atoms with Crippen molar-refractivity contribution in [2.24, 2.45) is 0 Å². The van der Waals surface area contributed by atoms with Crippen LogP contribution < -0.4 is 26.0 Å². The number of nitrogens with one attached hydrogen (secondary N) is 4. The largest absolute Gasteiger partial charge is 0.509 e. The molecule has 1 aliphatic heterocycles. The molecule has 0 amide bonds. The maximum absolute atomic E-state index is 10.7. The number of hydrogen-bond donors (Lipinski definition) is 6. The van der Waals surface area contributed by atoms with Crippen LogP contribution in [0.3, 0.4) is 0 Å². The molecule has 11 nitrogen and oxygen atoms in total. The standard InChI is InChI=1S/C14H21N3O2.C8H8N2O4S/c1-2-11(10-19-13-6-4-3-5-7-13)17-14-15-8-12(18)9-16-14;11-8(12)4-7(15(13)14)10-6-2-1-3-9-5-6/h3-8,11,14-18H,2,9-10H2,1H3;1-3,5,10H,4H2,(H,11,12). The first-order chi connectivity index (χ1) is 16.4. The van der Waals surface area contributed by atoms with Crippen LogP contribution in [0.1, 0.15) is 19.8 Å². The molecule has 0 radical (unpaired) electrons. The lowest BCUT2D eigenvalue weighted by atomic mass is 10.2. The van der Waals surface area contributed by atoms with Gasteiger partial charge in [-0.1, -0.05) is 25.1 Å². The highest BCUT2D eigenvalue weighted by molar-refractivity contribution is 7.73. The van der Waals surface area contributed by atoms with Gasteiger partial charge in [0.25, 0.3) is 0 Å². The highest BCUT2D eigenvalue weighted by Gasteiger charge is 2.16. The van der Waals surface area contributed by atoms with Gasteiger partial charge in [-0.2, -0.15) is 8.42 Å². The minimum Gasteiger partial charge on any atom is -0.509 e. The van der Waals surface area contributed by atoms with Gasteiger partial charge in [0.2, 0.25) is 10.3 Å². The SMILES string of the molecule is CCC(COc1ccccc1)NC1NC=C(O)CN1.O=C(O)CC(Nc1cccnc1)=S(=O)=O. The molecule has 1 aromatic carbocycles. The summed E-state index contributed by atoms with van der Waals surface area (Å²) in [6, 6.07) is 13.2. The Bertz CT molecular complexity index is 1060. The number of benzene rings is 1. The molecule has 0 saturated heterocycles. The Balaban J connectivity index is 0.000000248. The summed E-state index contributed by atoms with van der Waals surface area (Å²) in [5.41, 5.74) is 0.429. The van der Waals surface area contributed by atoms with Gasteiger partial charge in [0.1, 0.15) is 35.8 Å². The first-order valence-electron chi connectivity index (χ1n) is 10.5. The number of carbonyl (C=O) groups is 1. The average molecular weight is 492 g/mol. The molecule has 184 valence electrons. The van der Waals surface area contributed by atoms with Crippen LogP contribution in [0.4, 0.5) is 5.69 Å². The van der Waals surface area contributed by atoms with Crippen LogP contribution in [-0.2, 0) is 15.1 Å². The normalized spacial score (nSPS) is 15.4. The van der Waals surface area contributed by atoms with Crippen LogP contribution in [0.15, 0.2) is 66.8 Å². The predicted octanol–water partition coefficient (Wildman–Crippen LogP) is 1.29. The quantitative estimate of drug-likeness (QED) is 0.280. The van der Waals surface area contributed by atoms with E-state index in [1.54, 1.807) is 18.3 Å². The first kappa shape index (κ1) is 26.6. The number of carboxylic acid groups (broad SMARTS) is 1. The fraction of sp³-hybridized carbons (Fsp3) is 0.318. The predicted molar refractivity (Wildman–Crippen MR) is 129 cm³/mol. The van der Waals surface area contributed by atoms with Gasteiger partial charge < -0.3 is 25.6 Å². The van der Waals surface area contributed by atoms with E-state index >= 15 is 0 Å². The summed E-state index contributed by atoms with van der Waals surface area (Å²) in [6.07, 6.45) is 4.87. The molecule has 12 heteroatoms. The van der Waals surface area contributed by atoms with E-state index < -0.39 is 22.7 Å². The number of aromatic nitrogens is 1. The smallest absolute Gasteiger partial charge is 0.310 e. The number of para-hydroxylation sites is 1. The molecule has 6 N–H and O–H groups in total. The summed E-state index contributed by atoms with van der Waals surface area (Å²) in [6.45, 7) is 3.19. The van der Waals surface area contributed by atoms with Crippen molar-refractivity contribution in [2.75, 3.05) is 18.5 Å². The van der Waals surface area contributed by atoms with Crippen molar-refractivity contribution in [2.45, 2.75) is 32.1 Å². The average Bonchev–Trinajstić information content (AvgIpc) is 2.84. The minimum atomic E-state index is -2.58. The Hall–Kier alpha value is -3.61. The van der Waals surface area contributed by atoms with Crippen molar-refractivity contribution in [3.05, 3.63) is 66.8 Å². The van der Waals surface area contributed by atoms with E-state index in [0.717, 1.165) is 12.2 Å². The van der Waals surface area contributed by atoms with Gasteiger partial charge in [0, 0.05) is 18.4 Å². The summed E-state index contributed by atoms with van der Waals surface area (Å²) < 4.78 is 27.1. The van der Waals surface area contributed by atoms with Gasteiger partial charge in [-0.25, -0.2) is 0 Å². The van der Waals surface area contributed by atoms with Crippen LogP contribution in [-0.4, -0.2) is 60.1 Å². The van der Waals surface area contributed by atoms with Crippen molar-refractivity contribution in [1.82, 2.24) is 20.9 Å². The van der Waals surface area contributed by atoms with Gasteiger partial charge in [0.15, 0.2) is 0 Å². The molecule has 0 saturated carbocycles. The molecule has 2 heterocycles. The Labute approximate surface area is 199 Å². The molecule has 2 aromatic rings. The molecule has 0 bridgehead atoms. The number of pyridine rings is 1. The topological polar surface area (TPSA) is 162 Å². The maximum atomic E-state index is 10.7. The summed E-state index contributed by atoms with van der Waals surface area (Å²) in [7, 11) is -2.58. The van der Waals surface area contributed by atoms with Gasteiger partial charge in [0.05, 0.1) is 18.4 Å². The van der Waals surface area contributed by atoms with Crippen molar-refractivity contribution in [1.29, 1.82) is 0 Å². The molecule has 1 aromatic heterocycles. The molecule has 1 aliphatic rings. The van der Waals surface area contributed by atoms with Crippen LogP contribution in [0, 0.1) is 0 Å². The van der Waals surface area contributed by atoms with Gasteiger partial charge in [-0.15, -0.1) is 0 Å². The number of nitrogens with zero attached hydrogens (tertiary/aromatic N) is 1. The lowest BCUT2D eigenvalue weighted by molar-refractivity contribution is -0.135. The third kappa shape index (κ3) is 10.3. The zero-order valence-corrected chi connectivity index (χ0v) is 19.5. The third-order valence-corrected chi connectivity index (χ3v) is 5.10. The van der Waals surface area contributed by atoms with E-state index in [0.29, 0.717) is 24.6 Å². The summed E-state index contributed by atoms with van der Waals surface area (Å²) in [5, 5.41) is 29.8. The molecule has 0 aliphatic carbocycles. The zero-order valence-electron chi connectivity index (χ0n) is 18.6. The minimum absolute atomic E-state index is 0.0415. The molecular weight excluding hydrogens is 462 g/mol. The van der Waals surface area contributed by atoms with E-state index in [2.05, 4.69) is 33.2 Å². The zero-order chi connectivity index (χ0) is 24.8. The number of aliphatic hydroxyl groups excluding tert-OH is 1. The molecule has 2 unspecified atom stereocenters. The molecule has 3 rings (SSSR count). The molecule has 0 fully saturated rings. The highest BCUT2D eigenvalue weighted by Crippen LogP contribution is 2.09. The van der Waals surface area contributed by atoms with E-state index in [1.807, 2.05) is 30.3 Å². The maximum Gasteiger partial charge on any atom is 0.310 e. The number of ether oxygens (including phenoxy) is 1. The van der Waals surface area contributed by atoms with E-state index in [1.165, 1.54) is 12.4 Å². The molecule has 34 heavy (non-hydrogen) atoms. The number of rotatable bonds is 9. The summed E-state index contributed by atoms with van der Waals surface area (Å²) >= 11 is 0. The van der Waals surface area contributed by atoms with Crippen molar-refractivity contribution >= 4 is 26.9 Å². The first-order valence-corrected chi connectivity index (χ1v) is 11.6. The summed E-state index contributed by atoms with van der Waals surface area (Å²) in [4.78, 5) is 13.8. The van der Waals surface area contributed by atoms with Crippen LogP contribution in [0.5, 0.6) is 5.75 Å². The second-order valence-electron chi connectivity index (χ2n) is 7.11. The number of aliphatic hydroxyl groups is 1. The number of hydrogen-bond acceptors (Lipinski definition) is 9. The van der Waals surface area contributed by atoms with Crippen molar-refractivity contribution in [3.8, 4) is 5.75 Å². The monoisotopic (exact) mass is 491 g/mol. The fourth-order valence-electron chi connectivity index (χ4n) is 2.72. The summed E-state index contributed by atoms with van der Waals surface area (Å²) in [5.74, 6) is -0.0259. The molecule has 0 spiro atoms. The number of anilines is 1. The second-order valence-corrected chi connectivity index (χ2v) is 8.07. The van der Waals surface area contributed by atoms with E-state index in [-0.39, 0.29) is 17.3 Å². The van der Waals surface area contributed by atoms with E-state index in [4.69, 9.17) is 9.84 Å². The lowest BCUT2D eigenvalue weighted by Crippen LogP contribution is -2.57. The van der Waals surface area contributed by atoms with Gasteiger partial charge in [-0.05, 0) is 30.7 Å². The Kier molecular flexibility index (Phi) is 11.4. The van der Waals surface area contributed by atoms with Crippen LogP contribution in [0.2, 0.25) is 0 Å². The number of aliphatic carboxylic acids is 1. The van der Waals surface area contributed by atoms with Gasteiger partial charge >= 0.3 is 5.97 Å². The molecular formula is C22H29N5O6S. The lowest BCUT2D eigenvalue weighted by Gasteiger charge is -2.28. The van der Waals surface area contributed by atoms with Crippen molar-refractivity contribution in [3.63, 3.8) is 0 Å².